The van der Waals surface area contributed by atoms with Crippen molar-refractivity contribution in [1.29, 1.82) is 0 Å². The fraction of sp³-hybridized carbons (Fsp3) is 0.222. The lowest BCUT2D eigenvalue weighted by molar-refractivity contribution is -0.143. The van der Waals surface area contributed by atoms with Gasteiger partial charge < -0.3 is 14.2 Å². The first kappa shape index (κ1) is 20.9. The van der Waals surface area contributed by atoms with E-state index in [4.69, 9.17) is 14.2 Å². The summed E-state index contributed by atoms with van der Waals surface area (Å²) in [6, 6.07) is 23.2. The van der Waals surface area contributed by atoms with Crippen LogP contribution < -0.4 is 4.74 Å². The smallest absolute Gasteiger partial charge is 0.333 e. The summed E-state index contributed by atoms with van der Waals surface area (Å²) < 4.78 is 16.4. The van der Waals surface area contributed by atoms with E-state index in [-0.39, 0.29) is 13.2 Å². The van der Waals surface area contributed by atoms with Gasteiger partial charge in [0.2, 0.25) is 0 Å². The topological polar surface area (TPSA) is 44.8 Å². The second-order valence-corrected chi connectivity index (χ2v) is 7.66. The van der Waals surface area contributed by atoms with Crippen LogP contribution in [-0.2, 0) is 20.7 Å². The van der Waals surface area contributed by atoms with Crippen molar-refractivity contribution in [2.45, 2.75) is 26.6 Å². The van der Waals surface area contributed by atoms with E-state index in [1.165, 1.54) is 27.8 Å². The molecular formula is C27H26O4. The summed E-state index contributed by atoms with van der Waals surface area (Å²) >= 11 is 0. The second-order valence-electron chi connectivity index (χ2n) is 7.66. The molecule has 0 heterocycles. The van der Waals surface area contributed by atoms with Gasteiger partial charge in [0.05, 0.1) is 6.61 Å². The standard InChI is InChI=1S/C27H26O4/c1-18(2)27(28)30-16-15-29-19(3)31-22-13-11-20(12-14-22)23-9-6-10-25-24-8-5-4-7-21(24)17-26(23)25/h4-14,19H,1,15-17H2,2-3H3. The predicted octanol–water partition coefficient (Wildman–Crippen LogP) is 5.79. The molecule has 31 heavy (non-hydrogen) atoms. The maximum absolute atomic E-state index is 11.4. The molecule has 0 saturated heterocycles. The molecule has 0 radical (unpaired) electrons. The van der Waals surface area contributed by atoms with E-state index in [1.807, 2.05) is 19.1 Å². The Labute approximate surface area is 183 Å². The van der Waals surface area contributed by atoms with Crippen molar-refractivity contribution >= 4 is 5.97 Å². The third-order valence-corrected chi connectivity index (χ3v) is 5.34. The normalized spacial score (nSPS) is 12.6. The molecule has 0 saturated carbocycles. The monoisotopic (exact) mass is 414 g/mol. The number of benzene rings is 3. The quantitative estimate of drug-likeness (QED) is 0.159. The Morgan fingerprint density at radius 1 is 0.935 bits per heavy atom. The van der Waals surface area contributed by atoms with Gasteiger partial charge >= 0.3 is 5.97 Å². The summed E-state index contributed by atoms with van der Waals surface area (Å²) in [5.74, 6) is 0.314. The maximum atomic E-state index is 11.4. The van der Waals surface area contributed by atoms with Crippen molar-refractivity contribution in [3.05, 3.63) is 90.0 Å². The van der Waals surface area contributed by atoms with E-state index in [0.717, 1.165) is 17.7 Å². The van der Waals surface area contributed by atoms with E-state index in [1.54, 1.807) is 6.92 Å². The third-order valence-electron chi connectivity index (χ3n) is 5.34. The van der Waals surface area contributed by atoms with Gasteiger partial charge in [-0.2, -0.15) is 0 Å². The molecule has 4 nitrogen and oxygen atoms in total. The van der Waals surface area contributed by atoms with Crippen LogP contribution in [0.2, 0.25) is 0 Å². The number of hydrogen-bond acceptors (Lipinski definition) is 4. The minimum Gasteiger partial charge on any atom is -0.465 e. The Kier molecular flexibility index (Phi) is 6.19. The highest BCUT2D eigenvalue weighted by atomic mass is 16.7. The van der Waals surface area contributed by atoms with Crippen LogP contribution in [0.15, 0.2) is 78.9 Å². The number of ether oxygens (including phenoxy) is 3. The van der Waals surface area contributed by atoms with Crippen LogP contribution in [0.25, 0.3) is 22.3 Å². The van der Waals surface area contributed by atoms with E-state index < -0.39 is 12.3 Å². The van der Waals surface area contributed by atoms with Gasteiger partial charge in [-0.1, -0.05) is 61.2 Å². The number of fused-ring (bicyclic) bond motifs is 3. The van der Waals surface area contributed by atoms with Crippen molar-refractivity contribution in [3.8, 4) is 28.0 Å². The van der Waals surface area contributed by atoms with Crippen molar-refractivity contribution < 1.29 is 19.0 Å². The Balaban J connectivity index is 1.37. The first-order chi connectivity index (χ1) is 15.0. The Morgan fingerprint density at radius 3 is 2.42 bits per heavy atom. The zero-order valence-electron chi connectivity index (χ0n) is 17.9. The van der Waals surface area contributed by atoms with E-state index in [0.29, 0.717) is 5.57 Å². The number of carbonyl (C=O) groups excluding carboxylic acids is 1. The summed E-state index contributed by atoms with van der Waals surface area (Å²) in [6.45, 7) is 7.40. The molecule has 0 fully saturated rings. The molecule has 3 aromatic rings. The van der Waals surface area contributed by atoms with Gasteiger partial charge in [-0.3, -0.25) is 0 Å². The average molecular weight is 415 g/mol. The molecule has 158 valence electrons. The number of rotatable bonds is 8. The van der Waals surface area contributed by atoms with Gasteiger partial charge in [0.1, 0.15) is 12.4 Å². The van der Waals surface area contributed by atoms with Gasteiger partial charge in [-0.05, 0) is 65.8 Å². The second kappa shape index (κ2) is 9.19. The minimum absolute atomic E-state index is 0.167. The predicted molar refractivity (Wildman–Crippen MR) is 122 cm³/mol. The fourth-order valence-corrected chi connectivity index (χ4v) is 3.84. The highest BCUT2D eigenvalue weighted by molar-refractivity contribution is 5.87. The third kappa shape index (κ3) is 4.70. The first-order valence-electron chi connectivity index (χ1n) is 10.4. The Morgan fingerprint density at radius 2 is 1.65 bits per heavy atom. The molecule has 1 aliphatic carbocycles. The number of carbonyl (C=O) groups is 1. The zero-order valence-corrected chi connectivity index (χ0v) is 17.9. The molecule has 0 bridgehead atoms. The van der Waals surface area contributed by atoms with Gasteiger partial charge in [0.25, 0.3) is 0 Å². The summed E-state index contributed by atoms with van der Waals surface area (Å²) in [5, 5.41) is 0. The van der Waals surface area contributed by atoms with Crippen LogP contribution >= 0.6 is 0 Å². The molecule has 0 aromatic heterocycles. The van der Waals surface area contributed by atoms with Crippen LogP contribution in [0.4, 0.5) is 0 Å². The summed E-state index contributed by atoms with van der Waals surface area (Å²) in [7, 11) is 0. The van der Waals surface area contributed by atoms with E-state index in [2.05, 4.69) is 61.2 Å². The summed E-state index contributed by atoms with van der Waals surface area (Å²) in [6.07, 6.45) is 0.505. The molecule has 0 spiro atoms. The molecule has 1 atom stereocenters. The first-order valence-corrected chi connectivity index (χ1v) is 10.4. The van der Waals surface area contributed by atoms with E-state index >= 15 is 0 Å². The molecule has 4 heteroatoms. The molecule has 4 rings (SSSR count). The highest BCUT2D eigenvalue weighted by Gasteiger charge is 2.20. The van der Waals surface area contributed by atoms with Crippen LogP contribution in [0.3, 0.4) is 0 Å². The number of esters is 1. The highest BCUT2D eigenvalue weighted by Crippen LogP contribution is 2.41. The van der Waals surface area contributed by atoms with Gasteiger partial charge in [0, 0.05) is 5.57 Å². The lowest BCUT2D eigenvalue weighted by Crippen LogP contribution is -2.20. The molecule has 1 aliphatic rings. The Hall–Kier alpha value is -3.37. The molecule has 3 aromatic carbocycles. The molecule has 0 aliphatic heterocycles. The fourth-order valence-electron chi connectivity index (χ4n) is 3.84. The van der Waals surface area contributed by atoms with Crippen molar-refractivity contribution in [2.24, 2.45) is 0 Å². The van der Waals surface area contributed by atoms with Crippen molar-refractivity contribution in [3.63, 3.8) is 0 Å². The lowest BCUT2D eigenvalue weighted by Gasteiger charge is -2.16. The van der Waals surface area contributed by atoms with Crippen LogP contribution in [0.5, 0.6) is 5.75 Å². The maximum Gasteiger partial charge on any atom is 0.333 e. The van der Waals surface area contributed by atoms with Crippen LogP contribution in [-0.4, -0.2) is 25.5 Å². The molecular weight excluding hydrogens is 388 g/mol. The molecule has 0 N–H and O–H groups in total. The van der Waals surface area contributed by atoms with Gasteiger partial charge in [-0.15, -0.1) is 0 Å². The van der Waals surface area contributed by atoms with Crippen LogP contribution in [0, 0.1) is 0 Å². The van der Waals surface area contributed by atoms with Crippen LogP contribution in [0.1, 0.15) is 25.0 Å². The molecule has 1 unspecified atom stereocenters. The SMILES string of the molecule is C=C(C)C(=O)OCCOC(C)Oc1ccc(-c2cccc3c2Cc2ccccc2-3)cc1. The zero-order chi connectivity index (χ0) is 21.8. The van der Waals surface area contributed by atoms with E-state index in [9.17, 15) is 4.79 Å². The summed E-state index contributed by atoms with van der Waals surface area (Å²) in [4.78, 5) is 11.4. The average Bonchev–Trinajstić information content (AvgIpc) is 3.16. The van der Waals surface area contributed by atoms with Crippen molar-refractivity contribution in [2.75, 3.05) is 13.2 Å². The minimum atomic E-state index is -0.454. The summed E-state index contributed by atoms with van der Waals surface area (Å²) in [5.41, 5.74) is 8.20. The van der Waals surface area contributed by atoms with Gasteiger partial charge in [-0.25, -0.2) is 4.79 Å². The van der Waals surface area contributed by atoms with Gasteiger partial charge in [0.15, 0.2) is 6.29 Å². The van der Waals surface area contributed by atoms with Crippen molar-refractivity contribution in [1.82, 2.24) is 0 Å². The number of hydrogen-bond donors (Lipinski definition) is 0. The molecule has 0 amide bonds. The largest absolute Gasteiger partial charge is 0.465 e. The Bertz CT molecular complexity index is 1100. The lowest BCUT2D eigenvalue weighted by atomic mass is 9.96.